The van der Waals surface area contributed by atoms with E-state index in [9.17, 15) is 23.5 Å². The van der Waals surface area contributed by atoms with Crippen molar-refractivity contribution in [3.63, 3.8) is 0 Å². The van der Waals surface area contributed by atoms with Gasteiger partial charge in [0.05, 0.1) is 29.7 Å². The molecule has 2 atom stereocenters. The van der Waals surface area contributed by atoms with Crippen LogP contribution in [-0.4, -0.2) is 73.4 Å². The van der Waals surface area contributed by atoms with Crippen LogP contribution in [0.4, 0.5) is 4.79 Å². The fourth-order valence-electron chi connectivity index (χ4n) is 4.27. The number of likely N-dealkylation sites (N-methyl/N-ethyl adjacent to an activating group) is 1. The van der Waals surface area contributed by atoms with Gasteiger partial charge >= 0.3 is 6.09 Å². The molecule has 1 heterocycles. The second-order valence-corrected chi connectivity index (χ2v) is 11.9. The second kappa shape index (κ2) is 14.1. The first-order valence-corrected chi connectivity index (χ1v) is 14.4. The van der Waals surface area contributed by atoms with Gasteiger partial charge in [-0.15, -0.1) is 0 Å². The van der Waals surface area contributed by atoms with Gasteiger partial charge in [-0.05, 0) is 48.2 Å². The quantitative estimate of drug-likeness (QED) is 0.239. The van der Waals surface area contributed by atoms with Crippen molar-refractivity contribution >= 4 is 16.1 Å². The van der Waals surface area contributed by atoms with E-state index < -0.39 is 28.3 Å². The third kappa shape index (κ3) is 8.41. The number of carbonyl (C=O) groups excluding carboxylic acids is 1. The number of aliphatic hydroxyl groups excluding tert-OH is 1. The average molecular weight is 573 g/mol. The Balaban J connectivity index is 1.85. The molecule has 11 heteroatoms. The molecule has 2 N–H and O–H groups in total. The molecule has 1 amide bonds. The van der Waals surface area contributed by atoms with Crippen LogP contribution in [0.5, 0.6) is 5.75 Å². The van der Waals surface area contributed by atoms with Gasteiger partial charge in [0.25, 0.3) is 0 Å². The number of rotatable bonds is 13. The molecule has 3 rings (SSSR count). The van der Waals surface area contributed by atoms with Gasteiger partial charge < -0.3 is 19.5 Å². The summed E-state index contributed by atoms with van der Waals surface area (Å²) in [5.74, 6) is 0.511. The van der Waals surface area contributed by atoms with E-state index in [0.717, 1.165) is 10.3 Å². The summed E-state index contributed by atoms with van der Waals surface area (Å²) in [6.07, 6.45) is 1.19. The van der Waals surface area contributed by atoms with Gasteiger partial charge in [-0.25, -0.2) is 13.2 Å². The maximum atomic E-state index is 13.6. The smallest absolute Gasteiger partial charge is 0.410 e. The van der Waals surface area contributed by atoms with Crippen molar-refractivity contribution in [2.75, 3.05) is 27.2 Å². The second-order valence-electron chi connectivity index (χ2n) is 9.97. The lowest BCUT2D eigenvalue weighted by molar-refractivity contribution is -0.905. The van der Waals surface area contributed by atoms with Crippen LogP contribution in [0.15, 0.2) is 84.0 Å². The lowest BCUT2D eigenvalue weighted by Crippen LogP contribution is -2.51. The molecule has 0 radical (unpaired) electrons. The number of ether oxygens (including phenoxy) is 2. The summed E-state index contributed by atoms with van der Waals surface area (Å²) in [5.41, 5.74) is 1.43. The number of nitrogens with zero attached hydrogens (tertiary/aromatic N) is 3. The maximum absolute atomic E-state index is 13.6. The van der Waals surface area contributed by atoms with Crippen LogP contribution in [-0.2, 0) is 27.8 Å². The number of hydrogen-bond donors (Lipinski definition) is 2. The Bertz CT molecular complexity index is 1340. The number of aromatic nitrogens is 1. The first-order chi connectivity index (χ1) is 19.0. The number of aliphatic hydroxyl groups is 1. The van der Waals surface area contributed by atoms with Crippen LogP contribution >= 0.6 is 0 Å². The SMILES string of the molecule is COc1ccc(S(=O)(=O)N(CC(C)C)C[C@@H](O)[C@H](Cc2ccccc2)N(C)C(=O)OCc2ccc[n+](O)c2)cc1. The third-order valence-electron chi connectivity index (χ3n) is 6.38. The number of sulfonamides is 1. The van der Waals surface area contributed by atoms with Crippen LogP contribution in [0.25, 0.3) is 0 Å². The predicted molar refractivity (Wildman–Crippen MR) is 148 cm³/mol. The Hall–Kier alpha value is -3.67. The van der Waals surface area contributed by atoms with Crippen molar-refractivity contribution < 1.29 is 37.7 Å². The Morgan fingerprint density at radius 1 is 0.975 bits per heavy atom. The van der Waals surface area contributed by atoms with Gasteiger partial charge in [0, 0.05) is 30.9 Å². The number of amides is 1. The molecular formula is C29H38N3O7S+. The van der Waals surface area contributed by atoms with Crippen LogP contribution < -0.4 is 9.47 Å². The van der Waals surface area contributed by atoms with E-state index in [1.165, 1.54) is 47.9 Å². The minimum absolute atomic E-state index is 0.0179. The largest absolute Gasteiger partial charge is 0.497 e. The molecule has 0 spiro atoms. The summed E-state index contributed by atoms with van der Waals surface area (Å²) in [7, 11) is -0.945. The van der Waals surface area contributed by atoms with Gasteiger partial charge in [-0.3, -0.25) is 5.21 Å². The Kier molecular flexibility index (Phi) is 10.9. The molecule has 0 saturated carbocycles. The number of hydrogen-bond acceptors (Lipinski definition) is 7. The summed E-state index contributed by atoms with van der Waals surface area (Å²) in [6.45, 7) is 3.64. The minimum atomic E-state index is -3.96. The van der Waals surface area contributed by atoms with E-state index in [1.807, 2.05) is 44.2 Å². The molecule has 0 aliphatic carbocycles. The van der Waals surface area contributed by atoms with E-state index in [2.05, 4.69) is 0 Å². The molecule has 0 aliphatic heterocycles. The Labute approximate surface area is 236 Å². The summed E-state index contributed by atoms with van der Waals surface area (Å²) in [5, 5.41) is 21.1. The van der Waals surface area contributed by atoms with Crippen molar-refractivity contribution in [3.05, 3.63) is 90.3 Å². The molecule has 0 fully saturated rings. The monoisotopic (exact) mass is 572 g/mol. The highest BCUT2D eigenvalue weighted by molar-refractivity contribution is 7.89. The molecule has 1 aromatic heterocycles. The molecule has 0 saturated heterocycles. The zero-order chi connectivity index (χ0) is 29.3. The lowest BCUT2D eigenvalue weighted by Gasteiger charge is -2.34. The molecule has 2 aromatic carbocycles. The van der Waals surface area contributed by atoms with Gasteiger partial charge in [0.15, 0.2) is 0 Å². The van der Waals surface area contributed by atoms with Crippen LogP contribution in [0.3, 0.4) is 0 Å². The molecular weight excluding hydrogens is 534 g/mol. The molecule has 10 nitrogen and oxygen atoms in total. The zero-order valence-corrected chi connectivity index (χ0v) is 24.1. The van der Waals surface area contributed by atoms with E-state index in [4.69, 9.17) is 9.47 Å². The molecule has 3 aromatic rings. The predicted octanol–water partition coefficient (Wildman–Crippen LogP) is 3.11. The number of methoxy groups -OCH3 is 1. The first-order valence-electron chi connectivity index (χ1n) is 13.0. The summed E-state index contributed by atoms with van der Waals surface area (Å²) in [4.78, 5) is 14.4. The summed E-state index contributed by atoms with van der Waals surface area (Å²) >= 11 is 0. The van der Waals surface area contributed by atoms with E-state index >= 15 is 0 Å². The molecule has 0 bridgehead atoms. The standard InChI is InChI=1S/C29H38N3O7S/c1-22(2)18-32(40(36,37)26-14-12-25(38-4)13-15-26)20-28(33)27(17-23-9-6-5-7-10-23)30(3)29(34)39-21-24-11-8-16-31(35)19-24/h5-16,19,22,27-28,33,35H,17-18,20-21H2,1-4H3/q+1/t27-,28+/m0/s1. The van der Waals surface area contributed by atoms with Gasteiger partial charge in [0.2, 0.25) is 22.4 Å². The van der Waals surface area contributed by atoms with Crippen molar-refractivity contribution in [2.24, 2.45) is 5.92 Å². The average Bonchev–Trinajstić information content (AvgIpc) is 2.94. The highest BCUT2D eigenvalue weighted by Gasteiger charge is 2.34. The van der Waals surface area contributed by atoms with Crippen molar-refractivity contribution in [1.82, 2.24) is 9.21 Å². The molecule has 0 unspecified atom stereocenters. The van der Waals surface area contributed by atoms with Gasteiger partial charge in [-0.1, -0.05) is 44.2 Å². The highest BCUT2D eigenvalue weighted by Crippen LogP contribution is 2.23. The number of carbonyl (C=O) groups is 1. The topological polar surface area (TPSA) is 120 Å². The van der Waals surface area contributed by atoms with Gasteiger partial charge in [0.1, 0.15) is 12.4 Å². The number of benzene rings is 2. The first kappa shape index (κ1) is 30.9. The zero-order valence-electron chi connectivity index (χ0n) is 23.3. The number of pyridine rings is 1. The van der Waals surface area contributed by atoms with Crippen LogP contribution in [0.1, 0.15) is 25.0 Å². The van der Waals surface area contributed by atoms with E-state index in [-0.39, 0.29) is 36.9 Å². The van der Waals surface area contributed by atoms with Crippen LogP contribution in [0.2, 0.25) is 0 Å². The highest BCUT2D eigenvalue weighted by atomic mass is 32.2. The Morgan fingerprint density at radius 2 is 1.62 bits per heavy atom. The van der Waals surface area contributed by atoms with Crippen molar-refractivity contribution in [1.29, 1.82) is 0 Å². The molecule has 0 aliphatic rings. The van der Waals surface area contributed by atoms with Gasteiger partial charge in [-0.2, -0.15) is 4.31 Å². The normalized spacial score (nSPS) is 13.2. The minimum Gasteiger partial charge on any atom is -0.497 e. The fraction of sp³-hybridized carbons (Fsp3) is 0.379. The van der Waals surface area contributed by atoms with Crippen LogP contribution in [0, 0.1) is 5.92 Å². The molecule has 216 valence electrons. The summed E-state index contributed by atoms with van der Waals surface area (Å²) < 4.78 is 40.0. The van der Waals surface area contributed by atoms with E-state index in [1.54, 1.807) is 24.3 Å². The molecule has 40 heavy (non-hydrogen) atoms. The third-order valence-corrected chi connectivity index (χ3v) is 8.23. The summed E-state index contributed by atoms with van der Waals surface area (Å²) in [6, 6.07) is 17.9. The van der Waals surface area contributed by atoms with E-state index in [0.29, 0.717) is 11.3 Å². The van der Waals surface area contributed by atoms with Crippen molar-refractivity contribution in [2.45, 2.75) is 43.9 Å². The fourth-order valence-corrected chi connectivity index (χ4v) is 5.89. The Morgan fingerprint density at radius 3 is 2.23 bits per heavy atom. The lowest BCUT2D eigenvalue weighted by atomic mass is 10.00. The van der Waals surface area contributed by atoms with Crippen molar-refractivity contribution in [3.8, 4) is 5.75 Å². The maximum Gasteiger partial charge on any atom is 0.410 e.